The Morgan fingerprint density at radius 1 is 0.536 bits per heavy atom. The van der Waals surface area contributed by atoms with E-state index in [-0.39, 0.29) is 28.2 Å². The molecule has 0 spiro atoms. The van der Waals surface area contributed by atoms with E-state index in [4.69, 9.17) is 0 Å². The molecule has 4 aromatic carbocycles. The van der Waals surface area contributed by atoms with Gasteiger partial charge in [-0.2, -0.15) is 0 Å². The third kappa shape index (κ3) is 2.08. The molecule has 1 aliphatic rings. The molecule has 6 nitrogen and oxygen atoms in total. The Balaban J connectivity index is 1.97. The van der Waals surface area contributed by atoms with Crippen LogP contribution < -0.4 is 10.4 Å². The van der Waals surface area contributed by atoms with E-state index in [1.54, 1.807) is 24.3 Å². The summed E-state index contributed by atoms with van der Waals surface area (Å²) in [5.74, 6) is -2.23. The van der Waals surface area contributed by atoms with Crippen molar-refractivity contribution in [1.29, 1.82) is 0 Å². The van der Waals surface area contributed by atoms with E-state index in [1.807, 2.05) is 0 Å². The maximum absolute atomic E-state index is 11.7. The molecule has 5 rings (SSSR count). The van der Waals surface area contributed by atoms with Crippen LogP contribution in [0.3, 0.4) is 0 Å². The first-order valence-electron chi connectivity index (χ1n) is 8.42. The zero-order valence-electron chi connectivity index (χ0n) is 14.2. The average Bonchev–Trinajstić information content (AvgIpc) is 2.65. The first-order chi connectivity index (χ1) is 13.3. The summed E-state index contributed by atoms with van der Waals surface area (Å²) < 4.78 is 0. The molecule has 0 saturated heterocycles. The molecule has 0 bridgehead atoms. The molecule has 0 unspecified atom stereocenters. The van der Waals surface area contributed by atoms with Crippen molar-refractivity contribution < 1.29 is 30.0 Å². The molecule has 0 heterocycles. The molecular weight excluding hydrogens is 360 g/mol. The fraction of sp³-hybridized carbons (Fsp3) is 0. The normalized spacial score (nSPS) is 13.6. The van der Waals surface area contributed by atoms with Gasteiger partial charge in [-0.25, -0.2) is 0 Å². The van der Waals surface area contributed by atoms with Crippen LogP contribution in [0.4, 0.5) is 0 Å². The summed E-state index contributed by atoms with van der Waals surface area (Å²) in [6.07, 6.45) is 2.23. The van der Waals surface area contributed by atoms with Gasteiger partial charge in [0.05, 0.1) is 0 Å². The van der Waals surface area contributed by atoms with E-state index in [0.29, 0.717) is 37.5 Å². The Hall–Kier alpha value is -4.06. The largest absolute Gasteiger partial charge is 0.507 e. The summed E-state index contributed by atoms with van der Waals surface area (Å²) in [6, 6.07) is 9.40. The highest BCUT2D eigenvalue weighted by molar-refractivity contribution is 6.57. The molecule has 0 fully saturated rings. The van der Waals surface area contributed by atoms with Gasteiger partial charge >= 0.3 is 0 Å². The number of hydrogen-bond donors (Lipinski definition) is 4. The lowest BCUT2D eigenvalue weighted by Crippen LogP contribution is -2.33. The number of phenols is 4. The van der Waals surface area contributed by atoms with Crippen LogP contribution >= 0.6 is 0 Å². The minimum absolute atomic E-state index is 0.0992. The minimum atomic E-state index is -0.714. The van der Waals surface area contributed by atoms with Gasteiger partial charge in [0, 0.05) is 27.5 Å². The van der Waals surface area contributed by atoms with E-state index >= 15 is 0 Å². The van der Waals surface area contributed by atoms with Gasteiger partial charge in [0.1, 0.15) is 11.5 Å². The lowest BCUT2D eigenvalue weighted by atomic mass is 9.95. The predicted octanol–water partition coefficient (Wildman–Crippen LogP) is 1.68. The van der Waals surface area contributed by atoms with Crippen LogP contribution in [0.25, 0.3) is 44.5 Å². The van der Waals surface area contributed by atoms with Crippen molar-refractivity contribution in [1.82, 2.24) is 0 Å². The van der Waals surface area contributed by atoms with Crippen LogP contribution in [0.5, 0.6) is 23.0 Å². The standard InChI is InChI=1S/C22H12O6/c23-17-5-9-1-11-3-15-16(21(27)13(11)2-10(9)6-18(17)24)4-12-7-19(25)20(26)8-14(12)22(15)28/h1-8,23-24,27-28H. The number of fused-ring (bicyclic) bond motifs is 4. The Morgan fingerprint density at radius 2 is 1.11 bits per heavy atom. The van der Waals surface area contributed by atoms with Crippen molar-refractivity contribution in [3.63, 3.8) is 0 Å². The smallest absolute Gasteiger partial charge is 0.226 e. The van der Waals surface area contributed by atoms with Crippen molar-refractivity contribution in [2.75, 3.05) is 0 Å². The van der Waals surface area contributed by atoms with Crippen LogP contribution in [-0.4, -0.2) is 32.0 Å². The van der Waals surface area contributed by atoms with E-state index < -0.39 is 11.6 Å². The fourth-order valence-corrected chi connectivity index (χ4v) is 3.72. The van der Waals surface area contributed by atoms with Gasteiger partial charge in [-0.3, -0.25) is 9.59 Å². The molecule has 0 radical (unpaired) electrons. The monoisotopic (exact) mass is 372 g/mol. The third-order valence-corrected chi connectivity index (χ3v) is 5.13. The molecule has 0 aliphatic heterocycles. The number of rotatable bonds is 0. The second kappa shape index (κ2) is 5.23. The summed E-state index contributed by atoms with van der Waals surface area (Å²) >= 11 is 0. The minimum Gasteiger partial charge on any atom is -0.507 e. The van der Waals surface area contributed by atoms with Gasteiger partial charge in [0.15, 0.2) is 11.5 Å². The maximum Gasteiger partial charge on any atom is 0.226 e. The van der Waals surface area contributed by atoms with Crippen molar-refractivity contribution >= 4 is 56.0 Å². The quantitative estimate of drug-likeness (QED) is 0.212. The molecule has 28 heavy (non-hydrogen) atoms. The van der Waals surface area contributed by atoms with Gasteiger partial charge < -0.3 is 20.4 Å². The zero-order chi connectivity index (χ0) is 19.7. The van der Waals surface area contributed by atoms with Crippen molar-refractivity contribution in [3.05, 3.63) is 46.8 Å². The second-order valence-electron chi connectivity index (χ2n) is 6.83. The Morgan fingerprint density at radius 3 is 1.82 bits per heavy atom. The second-order valence-corrected chi connectivity index (χ2v) is 6.83. The number of Topliss-reactive ketones (excluding diaryl/α,β-unsaturated/α-hetero) is 2. The Kier molecular flexibility index (Phi) is 3.02. The van der Waals surface area contributed by atoms with Gasteiger partial charge in [-0.15, -0.1) is 0 Å². The maximum atomic E-state index is 11.7. The molecule has 4 N–H and O–H groups in total. The van der Waals surface area contributed by atoms with Crippen LogP contribution in [0.1, 0.15) is 0 Å². The van der Waals surface area contributed by atoms with E-state index in [2.05, 4.69) is 0 Å². The fourth-order valence-electron chi connectivity index (χ4n) is 3.72. The number of phenolic OH excluding ortho intramolecular Hbond substituents is 4. The van der Waals surface area contributed by atoms with Crippen molar-refractivity contribution in [3.8, 4) is 23.0 Å². The van der Waals surface area contributed by atoms with Crippen LogP contribution in [-0.2, 0) is 9.59 Å². The Labute approximate surface area is 156 Å². The van der Waals surface area contributed by atoms with Gasteiger partial charge in [0.25, 0.3) is 0 Å². The molecule has 4 aromatic rings. The molecule has 0 atom stereocenters. The van der Waals surface area contributed by atoms with Crippen LogP contribution in [0, 0.1) is 0 Å². The topological polar surface area (TPSA) is 115 Å². The van der Waals surface area contributed by atoms with E-state index in [1.165, 1.54) is 12.1 Å². The molecule has 0 saturated carbocycles. The highest BCUT2D eigenvalue weighted by Crippen LogP contribution is 2.39. The molecule has 0 amide bonds. The summed E-state index contributed by atoms with van der Waals surface area (Å²) in [5, 5.41) is 44.6. The lowest BCUT2D eigenvalue weighted by molar-refractivity contribution is -0.129. The zero-order valence-corrected chi connectivity index (χ0v) is 14.2. The van der Waals surface area contributed by atoms with E-state index in [0.717, 1.165) is 12.2 Å². The highest BCUT2D eigenvalue weighted by atomic mass is 16.3. The SMILES string of the molecule is O=C1C=c2cc3c(O)c4cc5cc(O)c(O)cc5cc4cc3c(O)c2=CC1=O. The summed E-state index contributed by atoms with van der Waals surface area (Å²) in [5.41, 5.74) is 0. The van der Waals surface area contributed by atoms with Gasteiger partial charge in [-0.1, -0.05) is 0 Å². The molecule has 1 aliphatic carbocycles. The molecular formula is C22H12O6. The van der Waals surface area contributed by atoms with Crippen LogP contribution in [0.2, 0.25) is 0 Å². The van der Waals surface area contributed by atoms with Crippen LogP contribution in [0.15, 0.2) is 36.4 Å². The summed E-state index contributed by atoms with van der Waals surface area (Å²) in [6.45, 7) is 0. The average molecular weight is 372 g/mol. The third-order valence-electron chi connectivity index (χ3n) is 5.13. The number of hydrogen-bond acceptors (Lipinski definition) is 6. The number of carbonyl (C=O) groups excluding carboxylic acids is 2. The van der Waals surface area contributed by atoms with Crippen molar-refractivity contribution in [2.24, 2.45) is 0 Å². The first-order valence-corrected chi connectivity index (χ1v) is 8.42. The molecule has 6 heteroatoms. The number of ketones is 2. The first kappa shape index (κ1) is 16.1. The van der Waals surface area contributed by atoms with E-state index in [9.17, 15) is 30.0 Å². The summed E-state index contributed by atoms with van der Waals surface area (Å²) in [7, 11) is 0. The molecule has 136 valence electrons. The number of aromatic hydroxyl groups is 4. The van der Waals surface area contributed by atoms with Gasteiger partial charge in [0.2, 0.25) is 11.6 Å². The van der Waals surface area contributed by atoms with Gasteiger partial charge in [-0.05, 0) is 63.9 Å². The molecule has 0 aromatic heterocycles. The Bertz CT molecular complexity index is 1530. The number of benzene rings is 4. The predicted molar refractivity (Wildman–Crippen MR) is 104 cm³/mol. The van der Waals surface area contributed by atoms with Crippen molar-refractivity contribution in [2.45, 2.75) is 0 Å². The number of carbonyl (C=O) groups is 2. The lowest BCUT2D eigenvalue weighted by Gasteiger charge is -2.12. The summed E-state index contributed by atoms with van der Waals surface area (Å²) in [4.78, 5) is 23.4. The highest BCUT2D eigenvalue weighted by Gasteiger charge is 2.18.